The van der Waals surface area contributed by atoms with E-state index in [0.717, 1.165) is 15.6 Å². The van der Waals surface area contributed by atoms with Gasteiger partial charge in [-0.15, -0.1) is 5.10 Å². The molecule has 7 heteroatoms. The Kier molecular flexibility index (Phi) is 4.49. The summed E-state index contributed by atoms with van der Waals surface area (Å²) >= 11 is 3.54. The molecule has 0 amide bonds. The average molecular weight is 339 g/mol. The molecule has 0 aliphatic rings. The van der Waals surface area contributed by atoms with Gasteiger partial charge in [0.1, 0.15) is 0 Å². The van der Waals surface area contributed by atoms with Crippen LogP contribution in [0.15, 0.2) is 22.7 Å². The van der Waals surface area contributed by atoms with Crippen molar-refractivity contribution < 1.29 is 9.90 Å². The first-order valence-electron chi connectivity index (χ1n) is 6.22. The molecule has 1 unspecified atom stereocenters. The fourth-order valence-corrected chi connectivity index (χ4v) is 2.44. The largest absolute Gasteiger partial charge is 0.481 e. The minimum absolute atomic E-state index is 0.0432. The molecule has 1 aromatic heterocycles. The third-order valence-electron chi connectivity index (χ3n) is 2.97. The zero-order chi connectivity index (χ0) is 14.7. The van der Waals surface area contributed by atoms with Gasteiger partial charge in [0.05, 0.1) is 0 Å². The number of tetrazole rings is 1. The Hall–Kier alpha value is -1.76. The van der Waals surface area contributed by atoms with Gasteiger partial charge in [0.25, 0.3) is 0 Å². The second-order valence-electron chi connectivity index (χ2n) is 4.82. The molecule has 0 aliphatic heterocycles. The third kappa shape index (κ3) is 3.22. The van der Waals surface area contributed by atoms with Gasteiger partial charge in [-0.25, -0.2) is 4.68 Å². The van der Waals surface area contributed by atoms with Crippen molar-refractivity contribution in [2.75, 3.05) is 0 Å². The van der Waals surface area contributed by atoms with Crippen molar-refractivity contribution in [3.63, 3.8) is 0 Å². The molecule has 20 heavy (non-hydrogen) atoms. The van der Waals surface area contributed by atoms with Crippen molar-refractivity contribution in [1.82, 2.24) is 20.2 Å². The maximum Gasteiger partial charge on any atom is 0.303 e. The van der Waals surface area contributed by atoms with Gasteiger partial charge in [0.15, 0.2) is 5.82 Å². The summed E-state index contributed by atoms with van der Waals surface area (Å²) in [5.41, 5.74) is 1.99. The van der Waals surface area contributed by atoms with Crippen LogP contribution in [0.2, 0.25) is 0 Å². The molecule has 1 N–H and O–H groups in total. The predicted molar refractivity (Wildman–Crippen MR) is 77.1 cm³/mol. The molecule has 0 aliphatic carbocycles. The molecule has 2 aromatic rings. The molecular weight excluding hydrogens is 324 g/mol. The van der Waals surface area contributed by atoms with E-state index >= 15 is 0 Å². The highest BCUT2D eigenvalue weighted by atomic mass is 79.9. The predicted octanol–water partition coefficient (Wildman–Crippen LogP) is 2.52. The summed E-state index contributed by atoms with van der Waals surface area (Å²) in [6.45, 7) is 4.33. The normalized spacial score (nSPS) is 12.3. The number of aliphatic carboxylic acids is 1. The molecular formula is C13H15BrN4O2. The Labute approximate surface area is 124 Å². The number of carbonyl (C=O) groups is 1. The van der Waals surface area contributed by atoms with E-state index in [9.17, 15) is 4.79 Å². The van der Waals surface area contributed by atoms with Gasteiger partial charge in [-0.05, 0) is 50.8 Å². The number of rotatable bonds is 5. The first kappa shape index (κ1) is 14.6. The second kappa shape index (κ2) is 6.13. The Morgan fingerprint density at radius 2 is 2.25 bits per heavy atom. The zero-order valence-electron chi connectivity index (χ0n) is 11.2. The first-order valence-corrected chi connectivity index (χ1v) is 7.01. The second-order valence-corrected chi connectivity index (χ2v) is 5.62. The molecule has 0 saturated heterocycles. The smallest absolute Gasteiger partial charge is 0.303 e. The Morgan fingerprint density at radius 3 is 2.95 bits per heavy atom. The van der Waals surface area contributed by atoms with Crippen molar-refractivity contribution in [3.8, 4) is 11.4 Å². The van der Waals surface area contributed by atoms with E-state index in [2.05, 4.69) is 31.5 Å². The van der Waals surface area contributed by atoms with E-state index in [4.69, 9.17) is 5.11 Å². The summed E-state index contributed by atoms with van der Waals surface area (Å²) < 4.78 is 2.59. The Bertz CT molecular complexity index is 627. The number of halogens is 1. The highest BCUT2D eigenvalue weighted by molar-refractivity contribution is 9.10. The minimum Gasteiger partial charge on any atom is -0.481 e. The number of nitrogens with zero attached hydrogens (tertiary/aromatic N) is 4. The van der Waals surface area contributed by atoms with Crippen LogP contribution >= 0.6 is 15.9 Å². The van der Waals surface area contributed by atoms with Gasteiger partial charge >= 0.3 is 5.97 Å². The molecule has 0 radical (unpaired) electrons. The van der Waals surface area contributed by atoms with E-state index in [-0.39, 0.29) is 12.3 Å². The number of carboxylic acid groups (broad SMARTS) is 1. The van der Waals surface area contributed by atoms with Crippen LogP contribution in [0, 0.1) is 12.8 Å². The summed E-state index contributed by atoms with van der Waals surface area (Å²) in [6.07, 6.45) is 0.0916. The van der Waals surface area contributed by atoms with E-state index in [1.807, 2.05) is 32.0 Å². The standard InChI is InChI=1S/C13H15BrN4O2/c1-8(6-11(19)20)7-18-13(15-16-17-18)10-5-3-4-9(2)12(10)14/h3-5,8H,6-7H2,1-2H3,(H,19,20). The topological polar surface area (TPSA) is 80.9 Å². The van der Waals surface area contributed by atoms with Crippen molar-refractivity contribution >= 4 is 21.9 Å². The fraction of sp³-hybridized carbons (Fsp3) is 0.385. The molecule has 0 bridgehead atoms. The van der Waals surface area contributed by atoms with Crippen LogP contribution in [0.5, 0.6) is 0 Å². The lowest BCUT2D eigenvalue weighted by Crippen LogP contribution is -2.14. The lowest BCUT2D eigenvalue weighted by molar-refractivity contribution is -0.138. The summed E-state index contributed by atoms with van der Waals surface area (Å²) in [5, 5.41) is 20.5. The lowest BCUT2D eigenvalue weighted by Gasteiger charge is -2.11. The first-order chi connectivity index (χ1) is 9.49. The molecule has 0 saturated carbocycles. The number of hydrogen-bond donors (Lipinski definition) is 1. The van der Waals surface area contributed by atoms with Crippen LogP contribution in [0.1, 0.15) is 18.9 Å². The van der Waals surface area contributed by atoms with E-state index in [1.54, 1.807) is 4.68 Å². The highest BCUT2D eigenvalue weighted by Gasteiger charge is 2.16. The van der Waals surface area contributed by atoms with Crippen LogP contribution in [0.3, 0.4) is 0 Å². The van der Waals surface area contributed by atoms with Crippen LogP contribution < -0.4 is 0 Å². The molecule has 6 nitrogen and oxygen atoms in total. The van der Waals surface area contributed by atoms with Crippen molar-refractivity contribution in [1.29, 1.82) is 0 Å². The lowest BCUT2D eigenvalue weighted by atomic mass is 10.1. The van der Waals surface area contributed by atoms with Crippen LogP contribution in [-0.2, 0) is 11.3 Å². The molecule has 1 heterocycles. The van der Waals surface area contributed by atoms with E-state index in [0.29, 0.717) is 12.4 Å². The number of aryl methyl sites for hydroxylation is 1. The molecule has 1 atom stereocenters. The van der Waals surface area contributed by atoms with Crippen LogP contribution in [0.25, 0.3) is 11.4 Å². The minimum atomic E-state index is -0.816. The van der Waals surface area contributed by atoms with Gasteiger partial charge in [-0.3, -0.25) is 4.79 Å². The zero-order valence-corrected chi connectivity index (χ0v) is 12.8. The van der Waals surface area contributed by atoms with Crippen LogP contribution in [0.4, 0.5) is 0 Å². The average Bonchev–Trinajstić information content (AvgIpc) is 2.79. The van der Waals surface area contributed by atoms with Gasteiger partial charge in [-0.2, -0.15) is 0 Å². The van der Waals surface area contributed by atoms with Gasteiger partial charge < -0.3 is 5.11 Å². The van der Waals surface area contributed by atoms with Crippen molar-refractivity contribution in [2.24, 2.45) is 5.92 Å². The number of aromatic nitrogens is 4. The SMILES string of the molecule is Cc1cccc(-c2nnnn2CC(C)CC(=O)O)c1Br. The number of hydrogen-bond acceptors (Lipinski definition) is 4. The summed E-state index contributed by atoms with van der Waals surface area (Å²) in [7, 11) is 0. The number of carboxylic acids is 1. The highest BCUT2D eigenvalue weighted by Crippen LogP contribution is 2.29. The molecule has 2 rings (SSSR count). The van der Waals surface area contributed by atoms with E-state index < -0.39 is 5.97 Å². The molecule has 0 fully saturated rings. The molecule has 106 valence electrons. The maximum atomic E-state index is 10.7. The Balaban J connectivity index is 2.29. The van der Waals surface area contributed by atoms with Crippen molar-refractivity contribution in [3.05, 3.63) is 28.2 Å². The van der Waals surface area contributed by atoms with E-state index in [1.165, 1.54) is 0 Å². The summed E-state index contributed by atoms with van der Waals surface area (Å²) in [5.74, 6) is -0.222. The van der Waals surface area contributed by atoms with Crippen LogP contribution in [-0.4, -0.2) is 31.3 Å². The van der Waals surface area contributed by atoms with Gasteiger partial charge in [0.2, 0.25) is 0 Å². The van der Waals surface area contributed by atoms with Gasteiger partial charge in [-0.1, -0.05) is 19.1 Å². The third-order valence-corrected chi connectivity index (χ3v) is 4.02. The maximum absolute atomic E-state index is 10.7. The Morgan fingerprint density at radius 1 is 1.50 bits per heavy atom. The molecule has 1 aromatic carbocycles. The van der Waals surface area contributed by atoms with Crippen molar-refractivity contribution in [2.45, 2.75) is 26.8 Å². The fourth-order valence-electron chi connectivity index (χ4n) is 2.00. The summed E-state index contributed by atoms with van der Waals surface area (Å²) in [4.78, 5) is 10.7. The van der Waals surface area contributed by atoms with Gasteiger partial charge in [0, 0.05) is 23.0 Å². The summed E-state index contributed by atoms with van der Waals surface area (Å²) in [6, 6.07) is 5.87. The molecule has 0 spiro atoms. The monoisotopic (exact) mass is 338 g/mol. The quantitative estimate of drug-likeness (QED) is 0.905. The number of benzene rings is 1.